The molecule has 2 saturated heterocycles. The van der Waals surface area contributed by atoms with Crippen LogP contribution in [0.25, 0.3) is 0 Å². The number of aliphatic hydroxyl groups is 1. The Morgan fingerprint density at radius 1 is 1.29 bits per heavy atom. The number of piperidine rings is 1. The van der Waals surface area contributed by atoms with Crippen LogP contribution in [0.4, 0.5) is 0 Å². The Balaban J connectivity index is 1.87. The van der Waals surface area contributed by atoms with Crippen LogP contribution < -0.4 is 0 Å². The Hall–Kier alpha value is -0.610. The molecule has 0 aromatic carbocycles. The summed E-state index contributed by atoms with van der Waals surface area (Å²) in [6.45, 7) is 3.35. The van der Waals surface area contributed by atoms with Gasteiger partial charge in [-0.15, -0.1) is 0 Å². The maximum absolute atomic E-state index is 11.8. The highest BCUT2D eigenvalue weighted by Gasteiger charge is 2.40. The Bertz CT molecular complexity index is 278. The monoisotopic (exact) mass is 241 g/mol. The quantitative estimate of drug-likeness (QED) is 0.754. The summed E-state index contributed by atoms with van der Waals surface area (Å²) >= 11 is 0. The average Bonchev–Trinajstić information content (AvgIpc) is 2.52. The lowest BCUT2D eigenvalue weighted by atomic mass is 10.00. The summed E-state index contributed by atoms with van der Waals surface area (Å²) in [5, 5.41) is 9.37. The first-order valence-corrected chi connectivity index (χ1v) is 6.59. The van der Waals surface area contributed by atoms with E-state index >= 15 is 0 Å². The summed E-state index contributed by atoms with van der Waals surface area (Å²) in [6.07, 6.45) is 3.77. The van der Waals surface area contributed by atoms with Gasteiger partial charge in [-0.25, -0.2) is 0 Å². The molecule has 2 bridgehead atoms. The van der Waals surface area contributed by atoms with Crippen LogP contribution in [0.5, 0.6) is 0 Å². The average molecular weight is 241 g/mol. The van der Waals surface area contributed by atoms with Crippen LogP contribution in [-0.2, 0) is 9.53 Å². The number of nitrogens with zero attached hydrogens (tertiary/aromatic N) is 1. The van der Waals surface area contributed by atoms with Crippen molar-refractivity contribution in [3.8, 4) is 0 Å². The second kappa shape index (κ2) is 4.94. The molecule has 17 heavy (non-hydrogen) atoms. The molecule has 0 saturated carbocycles. The van der Waals surface area contributed by atoms with Crippen molar-refractivity contribution in [2.75, 3.05) is 7.05 Å². The molecule has 98 valence electrons. The second-order valence-electron chi connectivity index (χ2n) is 5.61. The van der Waals surface area contributed by atoms with Crippen LogP contribution in [0.15, 0.2) is 0 Å². The van der Waals surface area contributed by atoms with Crippen LogP contribution in [0.2, 0.25) is 0 Å². The highest BCUT2D eigenvalue weighted by Crippen LogP contribution is 2.35. The fourth-order valence-corrected chi connectivity index (χ4v) is 2.93. The molecule has 0 aromatic heterocycles. The third-order valence-corrected chi connectivity index (χ3v) is 4.43. The number of hydrogen-bond acceptors (Lipinski definition) is 4. The van der Waals surface area contributed by atoms with E-state index < -0.39 is 12.0 Å². The molecule has 1 unspecified atom stereocenters. The van der Waals surface area contributed by atoms with E-state index in [2.05, 4.69) is 11.9 Å². The summed E-state index contributed by atoms with van der Waals surface area (Å²) in [4.78, 5) is 14.2. The number of ether oxygens (including phenoxy) is 1. The van der Waals surface area contributed by atoms with Gasteiger partial charge >= 0.3 is 5.97 Å². The van der Waals surface area contributed by atoms with Gasteiger partial charge in [0.15, 0.2) is 0 Å². The topological polar surface area (TPSA) is 49.8 Å². The minimum Gasteiger partial charge on any atom is -0.462 e. The number of carbonyl (C=O) groups is 1. The predicted octanol–water partition coefficient (Wildman–Crippen LogP) is 1.17. The molecule has 2 heterocycles. The number of esters is 1. The minimum atomic E-state index is -0.634. The van der Waals surface area contributed by atoms with E-state index in [1.54, 1.807) is 13.8 Å². The first-order chi connectivity index (χ1) is 7.99. The highest BCUT2D eigenvalue weighted by molar-refractivity contribution is 5.72. The van der Waals surface area contributed by atoms with E-state index in [0.29, 0.717) is 12.1 Å². The lowest BCUT2D eigenvalue weighted by Gasteiger charge is -2.36. The van der Waals surface area contributed by atoms with Crippen molar-refractivity contribution in [1.82, 2.24) is 4.90 Å². The molecule has 2 rings (SSSR count). The molecule has 4 nitrogen and oxygen atoms in total. The fourth-order valence-electron chi connectivity index (χ4n) is 2.93. The molecule has 2 aliphatic heterocycles. The maximum Gasteiger partial charge on any atom is 0.311 e. The Kier molecular flexibility index (Phi) is 3.73. The fraction of sp³-hybridized carbons (Fsp3) is 0.923. The third kappa shape index (κ3) is 2.63. The molecule has 0 radical (unpaired) electrons. The van der Waals surface area contributed by atoms with Gasteiger partial charge < -0.3 is 14.7 Å². The van der Waals surface area contributed by atoms with Crippen LogP contribution in [0, 0.1) is 5.92 Å². The normalized spacial score (nSPS) is 36.6. The molecule has 2 aliphatic rings. The number of rotatable bonds is 3. The summed E-state index contributed by atoms with van der Waals surface area (Å²) in [5.74, 6) is -0.679. The summed E-state index contributed by atoms with van der Waals surface area (Å²) in [7, 11) is 2.17. The zero-order valence-electron chi connectivity index (χ0n) is 10.9. The minimum absolute atomic E-state index is 0.0531. The van der Waals surface area contributed by atoms with Crippen LogP contribution >= 0.6 is 0 Å². The molecule has 2 fully saturated rings. The summed E-state index contributed by atoms with van der Waals surface area (Å²) in [5.41, 5.74) is 0. The third-order valence-electron chi connectivity index (χ3n) is 4.43. The Morgan fingerprint density at radius 2 is 1.82 bits per heavy atom. The van der Waals surface area contributed by atoms with Gasteiger partial charge in [0, 0.05) is 12.1 Å². The van der Waals surface area contributed by atoms with Gasteiger partial charge in [0.1, 0.15) is 6.10 Å². The van der Waals surface area contributed by atoms with Crippen molar-refractivity contribution < 1.29 is 14.6 Å². The van der Waals surface area contributed by atoms with Crippen molar-refractivity contribution in [2.45, 2.75) is 63.8 Å². The molecular formula is C13H23NO3. The zero-order valence-corrected chi connectivity index (χ0v) is 10.9. The number of aliphatic hydroxyl groups excluding tert-OH is 1. The number of hydrogen-bond donors (Lipinski definition) is 1. The molecule has 0 aromatic rings. The van der Waals surface area contributed by atoms with Gasteiger partial charge in [0.25, 0.3) is 0 Å². The second-order valence-corrected chi connectivity index (χ2v) is 5.61. The van der Waals surface area contributed by atoms with Crippen molar-refractivity contribution in [3.05, 3.63) is 0 Å². The van der Waals surface area contributed by atoms with Crippen molar-refractivity contribution in [1.29, 1.82) is 0 Å². The molecule has 0 spiro atoms. The van der Waals surface area contributed by atoms with Gasteiger partial charge in [0.2, 0.25) is 0 Å². The van der Waals surface area contributed by atoms with Crippen molar-refractivity contribution in [2.24, 2.45) is 5.92 Å². The first kappa shape index (κ1) is 12.8. The molecule has 0 amide bonds. The van der Waals surface area contributed by atoms with E-state index in [-0.39, 0.29) is 12.1 Å². The van der Waals surface area contributed by atoms with Crippen LogP contribution in [0.3, 0.4) is 0 Å². The number of fused-ring (bicyclic) bond motifs is 2. The van der Waals surface area contributed by atoms with E-state index in [9.17, 15) is 9.90 Å². The van der Waals surface area contributed by atoms with E-state index in [0.717, 1.165) is 12.8 Å². The van der Waals surface area contributed by atoms with Crippen molar-refractivity contribution in [3.63, 3.8) is 0 Å². The van der Waals surface area contributed by atoms with Gasteiger partial charge in [-0.2, -0.15) is 0 Å². The highest BCUT2D eigenvalue weighted by atomic mass is 16.5. The predicted molar refractivity (Wildman–Crippen MR) is 64.5 cm³/mol. The summed E-state index contributed by atoms with van der Waals surface area (Å²) < 4.78 is 5.52. The zero-order chi connectivity index (χ0) is 12.6. The number of carbonyl (C=O) groups excluding carboxylic acids is 1. The van der Waals surface area contributed by atoms with Crippen LogP contribution in [0.1, 0.15) is 39.5 Å². The Morgan fingerprint density at radius 3 is 2.29 bits per heavy atom. The smallest absolute Gasteiger partial charge is 0.311 e. The van der Waals surface area contributed by atoms with Gasteiger partial charge in [0.05, 0.1) is 12.0 Å². The van der Waals surface area contributed by atoms with Crippen LogP contribution in [-0.4, -0.2) is 47.3 Å². The molecule has 4 heteroatoms. The van der Waals surface area contributed by atoms with E-state index in [1.807, 2.05) is 0 Å². The lowest BCUT2D eigenvalue weighted by Crippen LogP contribution is -2.44. The largest absolute Gasteiger partial charge is 0.462 e. The maximum atomic E-state index is 11.8. The van der Waals surface area contributed by atoms with Crippen molar-refractivity contribution >= 4 is 5.97 Å². The lowest BCUT2D eigenvalue weighted by molar-refractivity contribution is -0.160. The van der Waals surface area contributed by atoms with E-state index in [4.69, 9.17) is 4.74 Å². The Labute approximate surface area is 103 Å². The molecule has 0 aliphatic carbocycles. The molecular weight excluding hydrogens is 218 g/mol. The van der Waals surface area contributed by atoms with E-state index in [1.165, 1.54) is 12.8 Å². The molecule has 1 N–H and O–H groups in total. The SMILES string of the molecule is C[C@H](O)[C@@H](C)C(=O)OC1C[C@H]2CC[C@@H](C1)N2C. The van der Waals surface area contributed by atoms with Gasteiger partial charge in [-0.05, 0) is 46.6 Å². The van der Waals surface area contributed by atoms with Gasteiger partial charge in [-0.1, -0.05) is 0 Å². The summed E-state index contributed by atoms with van der Waals surface area (Å²) in [6, 6.07) is 1.15. The van der Waals surface area contributed by atoms with Gasteiger partial charge in [-0.3, -0.25) is 4.79 Å². The molecule has 5 atom stereocenters. The first-order valence-electron chi connectivity index (χ1n) is 6.59. The standard InChI is InChI=1S/C13H23NO3/c1-8(9(2)15)13(16)17-12-6-10-4-5-11(7-12)14(10)3/h8-12,15H,4-7H2,1-3H3/t8-,9+,10-,11+,12?/m1/s1.